The molecule has 3 rings (SSSR count). The summed E-state index contributed by atoms with van der Waals surface area (Å²) in [5, 5.41) is 0. The quantitative estimate of drug-likeness (QED) is 0.340. The van der Waals surface area contributed by atoms with Gasteiger partial charge in [0.15, 0.2) is 5.41 Å². The van der Waals surface area contributed by atoms with Crippen LogP contribution in [0.5, 0.6) is 0 Å². The lowest BCUT2D eigenvalue weighted by atomic mass is 9.73. The predicted octanol–water partition coefficient (Wildman–Crippen LogP) is 1.77. The van der Waals surface area contributed by atoms with Gasteiger partial charge in [0.25, 0.3) is 0 Å². The van der Waals surface area contributed by atoms with Gasteiger partial charge in [0.1, 0.15) is 12.2 Å². The maximum Gasteiger partial charge on any atom is 0.334 e. The Balaban J connectivity index is 1.81. The molecule has 23 heavy (non-hydrogen) atoms. The molecule has 3 fully saturated rings. The van der Waals surface area contributed by atoms with E-state index in [0.29, 0.717) is 18.4 Å². The topological polar surface area (TPSA) is 78.9 Å². The maximum atomic E-state index is 12.3. The zero-order valence-corrected chi connectivity index (χ0v) is 13.9. The van der Waals surface area contributed by atoms with Crippen LogP contribution in [0, 0.1) is 17.3 Å². The molecule has 0 aromatic carbocycles. The van der Waals surface area contributed by atoms with Crippen LogP contribution in [0.3, 0.4) is 0 Å². The largest absolute Gasteiger partial charge is 0.465 e. The number of ether oxygens (including phenoxy) is 3. The third-order valence-electron chi connectivity index (χ3n) is 5.51. The van der Waals surface area contributed by atoms with Crippen molar-refractivity contribution in [2.75, 3.05) is 6.61 Å². The molecule has 6 nitrogen and oxygen atoms in total. The van der Waals surface area contributed by atoms with Crippen LogP contribution in [0.4, 0.5) is 0 Å². The van der Waals surface area contributed by atoms with Crippen LogP contribution >= 0.6 is 0 Å². The highest BCUT2D eigenvalue weighted by atomic mass is 16.6. The molecule has 0 aromatic rings. The lowest BCUT2D eigenvalue weighted by Crippen LogP contribution is -2.45. The molecule has 0 aromatic heterocycles. The molecule has 0 spiro atoms. The van der Waals surface area contributed by atoms with Crippen LogP contribution in [-0.2, 0) is 28.6 Å². The van der Waals surface area contributed by atoms with Crippen molar-refractivity contribution in [3.8, 4) is 0 Å². The number of rotatable bonds is 4. The van der Waals surface area contributed by atoms with Gasteiger partial charge in [0, 0.05) is 17.4 Å². The summed E-state index contributed by atoms with van der Waals surface area (Å²) in [6.07, 6.45) is 0.00830. The minimum absolute atomic E-state index is 0.0326. The number of carbonyl (C=O) groups excluding carboxylic acids is 3. The molecule has 0 amide bonds. The molecule has 6 heteroatoms. The number of esters is 3. The van der Waals surface area contributed by atoms with Crippen LogP contribution in [0.15, 0.2) is 11.1 Å². The third-order valence-corrected chi connectivity index (χ3v) is 5.51. The maximum absolute atomic E-state index is 12.3. The van der Waals surface area contributed by atoms with E-state index in [-0.39, 0.29) is 24.4 Å². The number of hydrogen-bond donors (Lipinski definition) is 0. The minimum Gasteiger partial charge on any atom is -0.465 e. The highest BCUT2D eigenvalue weighted by Gasteiger charge is 2.75. The molecule has 5 unspecified atom stereocenters. The van der Waals surface area contributed by atoms with Gasteiger partial charge in [-0.15, -0.1) is 0 Å². The zero-order chi connectivity index (χ0) is 16.9. The summed E-state index contributed by atoms with van der Waals surface area (Å²) in [5.74, 6) is -1.68. The Bertz CT molecular complexity index is 602. The Morgan fingerprint density at radius 2 is 2.00 bits per heavy atom. The molecule has 0 N–H and O–H groups in total. The molecule has 1 heterocycles. The Morgan fingerprint density at radius 3 is 2.61 bits per heavy atom. The van der Waals surface area contributed by atoms with E-state index in [9.17, 15) is 14.4 Å². The summed E-state index contributed by atoms with van der Waals surface area (Å²) in [4.78, 5) is 36.8. The summed E-state index contributed by atoms with van der Waals surface area (Å²) in [6.45, 7) is 7.35. The van der Waals surface area contributed by atoms with E-state index in [2.05, 4.69) is 0 Å². The second-order valence-corrected chi connectivity index (χ2v) is 6.86. The van der Waals surface area contributed by atoms with Gasteiger partial charge in [-0.2, -0.15) is 0 Å². The van der Waals surface area contributed by atoms with Crippen LogP contribution < -0.4 is 0 Å². The molecule has 2 aliphatic carbocycles. The molecule has 1 aliphatic heterocycles. The van der Waals surface area contributed by atoms with E-state index in [4.69, 9.17) is 14.2 Å². The Labute approximate surface area is 135 Å². The van der Waals surface area contributed by atoms with Crippen LogP contribution in [0.2, 0.25) is 0 Å². The molecule has 2 bridgehead atoms. The van der Waals surface area contributed by atoms with Crippen molar-refractivity contribution in [1.82, 2.24) is 0 Å². The van der Waals surface area contributed by atoms with Gasteiger partial charge in [-0.05, 0) is 40.5 Å². The van der Waals surface area contributed by atoms with Crippen LogP contribution in [-0.4, -0.2) is 36.7 Å². The number of hydrogen-bond acceptors (Lipinski definition) is 6. The third kappa shape index (κ3) is 2.11. The molecule has 1 saturated heterocycles. The highest BCUT2D eigenvalue weighted by molar-refractivity contribution is 6.03. The average Bonchev–Trinajstić information content (AvgIpc) is 3.08. The van der Waals surface area contributed by atoms with E-state index in [1.165, 1.54) is 0 Å². The van der Waals surface area contributed by atoms with E-state index < -0.39 is 29.6 Å². The standard InChI is InChI=1S/C17H22O6/c1-5-21-15(19)17-7-10-6-11(17)13(23-16(17)20)12(10)22-14(18)9(4)8(2)3/h10-13H,5-7H2,1-4H3. The molecular weight excluding hydrogens is 300 g/mol. The fraction of sp³-hybridized carbons (Fsp3) is 0.706. The van der Waals surface area contributed by atoms with Gasteiger partial charge < -0.3 is 14.2 Å². The molecule has 126 valence electrons. The monoisotopic (exact) mass is 322 g/mol. The lowest BCUT2D eigenvalue weighted by Gasteiger charge is -2.30. The van der Waals surface area contributed by atoms with Crippen molar-refractivity contribution in [3.63, 3.8) is 0 Å². The summed E-state index contributed by atoms with van der Waals surface area (Å²) in [7, 11) is 0. The van der Waals surface area contributed by atoms with Crippen molar-refractivity contribution in [3.05, 3.63) is 11.1 Å². The lowest BCUT2D eigenvalue weighted by molar-refractivity contribution is -0.165. The first kappa shape index (κ1) is 16.0. The Hall–Kier alpha value is -1.85. The van der Waals surface area contributed by atoms with Crippen molar-refractivity contribution < 1.29 is 28.6 Å². The molecule has 0 radical (unpaired) electrons. The van der Waals surface area contributed by atoms with E-state index >= 15 is 0 Å². The van der Waals surface area contributed by atoms with E-state index in [1.54, 1.807) is 13.8 Å². The first-order valence-electron chi connectivity index (χ1n) is 8.06. The van der Waals surface area contributed by atoms with Crippen LogP contribution in [0.25, 0.3) is 0 Å². The van der Waals surface area contributed by atoms with Gasteiger partial charge in [-0.3, -0.25) is 9.59 Å². The van der Waals surface area contributed by atoms with Gasteiger partial charge in [-0.1, -0.05) is 5.57 Å². The first-order valence-corrected chi connectivity index (χ1v) is 8.06. The van der Waals surface area contributed by atoms with Crippen molar-refractivity contribution in [2.45, 2.75) is 52.7 Å². The summed E-state index contributed by atoms with van der Waals surface area (Å²) >= 11 is 0. The fourth-order valence-electron chi connectivity index (χ4n) is 4.11. The number of fused-ring (bicyclic) bond motifs is 1. The minimum atomic E-state index is -1.18. The smallest absolute Gasteiger partial charge is 0.334 e. The van der Waals surface area contributed by atoms with E-state index in [1.807, 2.05) is 13.8 Å². The van der Waals surface area contributed by atoms with Gasteiger partial charge >= 0.3 is 17.9 Å². The van der Waals surface area contributed by atoms with Crippen molar-refractivity contribution in [1.29, 1.82) is 0 Å². The van der Waals surface area contributed by atoms with E-state index in [0.717, 1.165) is 5.57 Å². The summed E-state index contributed by atoms with van der Waals surface area (Å²) in [5.41, 5.74) is 0.274. The number of allylic oxidation sites excluding steroid dienone is 1. The fourth-order valence-corrected chi connectivity index (χ4v) is 4.11. The Morgan fingerprint density at radius 1 is 1.30 bits per heavy atom. The predicted molar refractivity (Wildman–Crippen MR) is 79.1 cm³/mol. The average molecular weight is 322 g/mol. The normalized spacial score (nSPS) is 36.6. The number of carbonyl (C=O) groups is 3. The highest BCUT2D eigenvalue weighted by Crippen LogP contribution is 2.63. The Kier molecular flexibility index (Phi) is 3.73. The van der Waals surface area contributed by atoms with Gasteiger partial charge in [-0.25, -0.2) is 4.79 Å². The summed E-state index contributed by atoms with van der Waals surface area (Å²) < 4.78 is 16.1. The van der Waals surface area contributed by atoms with Crippen LogP contribution in [0.1, 0.15) is 40.5 Å². The SMILES string of the molecule is CCOC(=O)C12CC3CC1C(OC2=O)C3OC(=O)C(C)=C(C)C. The van der Waals surface area contributed by atoms with Crippen molar-refractivity contribution in [2.24, 2.45) is 17.3 Å². The zero-order valence-electron chi connectivity index (χ0n) is 13.9. The van der Waals surface area contributed by atoms with Gasteiger partial charge in [0.2, 0.25) is 0 Å². The van der Waals surface area contributed by atoms with Crippen molar-refractivity contribution >= 4 is 17.9 Å². The molecule has 5 atom stereocenters. The second kappa shape index (κ2) is 5.35. The molecule has 3 aliphatic rings. The second-order valence-electron chi connectivity index (χ2n) is 6.86. The summed E-state index contributed by atoms with van der Waals surface area (Å²) in [6, 6.07) is 0. The van der Waals surface area contributed by atoms with Gasteiger partial charge in [0.05, 0.1) is 6.61 Å². The molecule has 2 saturated carbocycles. The first-order chi connectivity index (χ1) is 10.8. The molecular formula is C17H22O6.